The van der Waals surface area contributed by atoms with Gasteiger partial charge in [0.1, 0.15) is 24.2 Å². The lowest BCUT2D eigenvalue weighted by Crippen LogP contribution is -2.41. The van der Waals surface area contributed by atoms with Gasteiger partial charge in [-0.15, -0.1) is 0 Å². The molecule has 1 aromatic carbocycles. The van der Waals surface area contributed by atoms with E-state index in [1.54, 1.807) is 6.26 Å². The van der Waals surface area contributed by atoms with Crippen LogP contribution in [0.5, 0.6) is 5.75 Å². The fourth-order valence-electron chi connectivity index (χ4n) is 2.09. The van der Waals surface area contributed by atoms with Gasteiger partial charge in [-0.1, -0.05) is 18.2 Å². The Morgan fingerprint density at radius 1 is 1.22 bits per heavy atom. The number of para-hydroxylation sites is 1. The first-order valence-electron chi connectivity index (χ1n) is 7.96. The summed E-state index contributed by atoms with van der Waals surface area (Å²) in [4.78, 5) is 4.50. The van der Waals surface area contributed by atoms with Crippen LogP contribution in [-0.2, 0) is 6.54 Å². The van der Waals surface area contributed by atoms with Gasteiger partial charge in [0.2, 0.25) is 0 Å². The smallest absolute Gasteiger partial charge is 0.191 e. The van der Waals surface area contributed by atoms with Gasteiger partial charge in [0.05, 0.1) is 12.8 Å². The molecule has 0 aliphatic carbocycles. The summed E-state index contributed by atoms with van der Waals surface area (Å²) < 4.78 is 11.3. The zero-order chi connectivity index (χ0) is 16.5. The maximum Gasteiger partial charge on any atom is 0.191 e. The molecule has 0 amide bonds. The van der Waals surface area contributed by atoms with Crippen LogP contribution in [0.25, 0.3) is 0 Å². The standard InChI is InChI=1S/C18H25N3O2/c1-4-19-18(21-13-16-9-7-11-22-16)20-12-15(3)23-17-10-6-5-8-14(17)2/h5-11,15H,4,12-13H2,1-3H3,(H2,19,20,21). The van der Waals surface area contributed by atoms with Gasteiger partial charge in [0.25, 0.3) is 0 Å². The van der Waals surface area contributed by atoms with Crippen molar-refractivity contribution in [2.75, 3.05) is 13.1 Å². The van der Waals surface area contributed by atoms with Crippen molar-refractivity contribution >= 4 is 5.96 Å². The lowest BCUT2D eigenvalue weighted by atomic mass is 10.2. The van der Waals surface area contributed by atoms with Crippen molar-refractivity contribution in [2.24, 2.45) is 4.99 Å². The van der Waals surface area contributed by atoms with E-state index in [0.29, 0.717) is 13.1 Å². The number of rotatable bonds is 7. The van der Waals surface area contributed by atoms with Crippen molar-refractivity contribution in [3.05, 3.63) is 54.0 Å². The normalized spacial score (nSPS) is 12.7. The summed E-state index contributed by atoms with van der Waals surface area (Å²) in [6.45, 7) is 8.10. The lowest BCUT2D eigenvalue weighted by Gasteiger charge is -2.18. The molecular formula is C18H25N3O2. The molecule has 0 spiro atoms. The second-order valence-corrected chi connectivity index (χ2v) is 5.35. The van der Waals surface area contributed by atoms with E-state index in [-0.39, 0.29) is 6.10 Å². The second-order valence-electron chi connectivity index (χ2n) is 5.35. The Morgan fingerprint density at radius 2 is 2.04 bits per heavy atom. The van der Waals surface area contributed by atoms with Crippen molar-refractivity contribution in [3.8, 4) is 5.75 Å². The molecule has 0 saturated heterocycles. The number of nitrogens with zero attached hydrogens (tertiary/aromatic N) is 1. The number of ether oxygens (including phenoxy) is 1. The highest BCUT2D eigenvalue weighted by Crippen LogP contribution is 2.17. The molecule has 1 unspecified atom stereocenters. The SMILES string of the molecule is CCNC(=NCc1ccco1)NCC(C)Oc1ccccc1C. The molecule has 0 saturated carbocycles. The fourth-order valence-corrected chi connectivity index (χ4v) is 2.09. The van der Waals surface area contributed by atoms with E-state index >= 15 is 0 Å². The maximum absolute atomic E-state index is 5.96. The first kappa shape index (κ1) is 16.9. The number of hydrogen-bond donors (Lipinski definition) is 2. The fraction of sp³-hybridized carbons (Fsp3) is 0.389. The summed E-state index contributed by atoms with van der Waals surface area (Å²) in [5.41, 5.74) is 1.14. The van der Waals surface area contributed by atoms with Gasteiger partial charge in [-0.2, -0.15) is 0 Å². The molecule has 1 heterocycles. The number of nitrogens with one attached hydrogen (secondary N) is 2. The van der Waals surface area contributed by atoms with Crippen LogP contribution in [0.3, 0.4) is 0 Å². The minimum Gasteiger partial charge on any atom is -0.489 e. The largest absolute Gasteiger partial charge is 0.489 e. The number of furan rings is 1. The molecular weight excluding hydrogens is 290 g/mol. The third-order valence-electron chi connectivity index (χ3n) is 3.30. The van der Waals surface area contributed by atoms with Crippen LogP contribution in [0, 0.1) is 6.92 Å². The molecule has 5 nitrogen and oxygen atoms in total. The summed E-state index contributed by atoms with van der Waals surface area (Å²) in [6.07, 6.45) is 1.69. The molecule has 5 heteroatoms. The van der Waals surface area contributed by atoms with Gasteiger partial charge in [-0.05, 0) is 44.5 Å². The average molecular weight is 315 g/mol. The van der Waals surface area contributed by atoms with Crippen molar-refractivity contribution in [2.45, 2.75) is 33.4 Å². The second kappa shape index (κ2) is 8.88. The van der Waals surface area contributed by atoms with Gasteiger partial charge in [0.15, 0.2) is 5.96 Å². The lowest BCUT2D eigenvalue weighted by molar-refractivity contribution is 0.222. The molecule has 0 aliphatic heterocycles. The maximum atomic E-state index is 5.96. The van der Waals surface area contributed by atoms with Gasteiger partial charge in [-0.3, -0.25) is 0 Å². The topological polar surface area (TPSA) is 58.8 Å². The predicted molar refractivity (Wildman–Crippen MR) is 92.8 cm³/mol. The molecule has 2 aromatic rings. The Bertz CT molecular complexity index is 608. The molecule has 0 aliphatic rings. The van der Waals surface area contributed by atoms with E-state index in [0.717, 1.165) is 29.6 Å². The van der Waals surface area contributed by atoms with Crippen molar-refractivity contribution < 1.29 is 9.15 Å². The van der Waals surface area contributed by atoms with Crippen LogP contribution in [-0.4, -0.2) is 25.2 Å². The summed E-state index contributed by atoms with van der Waals surface area (Å²) >= 11 is 0. The molecule has 2 N–H and O–H groups in total. The first-order chi connectivity index (χ1) is 11.2. The number of aliphatic imine (C=N–C) groups is 1. The molecule has 0 fully saturated rings. The van der Waals surface area contributed by atoms with Crippen molar-refractivity contribution in [3.63, 3.8) is 0 Å². The zero-order valence-corrected chi connectivity index (χ0v) is 14.0. The Labute approximate surface area is 137 Å². The van der Waals surface area contributed by atoms with Crippen LogP contribution in [0.2, 0.25) is 0 Å². The van der Waals surface area contributed by atoms with Crippen molar-refractivity contribution in [1.82, 2.24) is 10.6 Å². The predicted octanol–water partition coefficient (Wildman–Crippen LogP) is 3.11. The molecule has 1 aromatic heterocycles. The Kier molecular flexibility index (Phi) is 6.54. The first-order valence-corrected chi connectivity index (χ1v) is 7.96. The minimum atomic E-state index is 0.0311. The number of benzene rings is 1. The van der Waals surface area contributed by atoms with E-state index in [4.69, 9.17) is 9.15 Å². The molecule has 23 heavy (non-hydrogen) atoms. The Morgan fingerprint density at radius 3 is 2.74 bits per heavy atom. The van der Waals surface area contributed by atoms with Crippen molar-refractivity contribution in [1.29, 1.82) is 0 Å². The summed E-state index contributed by atoms with van der Waals surface area (Å²) in [7, 11) is 0. The van der Waals surface area contributed by atoms with E-state index in [2.05, 4.69) is 15.6 Å². The van der Waals surface area contributed by atoms with Gasteiger partial charge in [-0.25, -0.2) is 4.99 Å². The van der Waals surface area contributed by atoms with Gasteiger partial charge < -0.3 is 19.8 Å². The number of hydrogen-bond acceptors (Lipinski definition) is 3. The third kappa shape index (κ3) is 5.70. The van der Waals surface area contributed by atoms with E-state index in [1.807, 2.05) is 57.2 Å². The average Bonchev–Trinajstić information content (AvgIpc) is 3.06. The number of aryl methyl sites for hydroxylation is 1. The minimum absolute atomic E-state index is 0.0311. The molecule has 0 bridgehead atoms. The molecule has 0 radical (unpaired) electrons. The summed E-state index contributed by atoms with van der Waals surface area (Å²) in [5, 5.41) is 6.51. The van der Waals surface area contributed by atoms with Gasteiger partial charge in [0, 0.05) is 6.54 Å². The van der Waals surface area contributed by atoms with E-state index < -0.39 is 0 Å². The van der Waals surface area contributed by atoms with Crippen LogP contribution in [0.1, 0.15) is 25.2 Å². The Hall–Kier alpha value is -2.43. The highest BCUT2D eigenvalue weighted by atomic mass is 16.5. The zero-order valence-electron chi connectivity index (χ0n) is 14.0. The summed E-state index contributed by atoms with van der Waals surface area (Å²) in [6, 6.07) is 11.8. The van der Waals surface area contributed by atoms with Gasteiger partial charge >= 0.3 is 0 Å². The Balaban J connectivity index is 1.85. The highest BCUT2D eigenvalue weighted by molar-refractivity contribution is 5.79. The van der Waals surface area contributed by atoms with Crippen LogP contribution in [0.15, 0.2) is 52.1 Å². The quantitative estimate of drug-likeness (QED) is 0.609. The highest BCUT2D eigenvalue weighted by Gasteiger charge is 2.07. The summed E-state index contributed by atoms with van der Waals surface area (Å²) in [5.74, 6) is 2.51. The van der Waals surface area contributed by atoms with Crippen LogP contribution in [0.4, 0.5) is 0 Å². The molecule has 1 atom stereocenters. The molecule has 2 rings (SSSR count). The molecule has 124 valence electrons. The number of guanidine groups is 1. The monoisotopic (exact) mass is 315 g/mol. The van der Waals surface area contributed by atoms with Crippen LogP contribution >= 0.6 is 0 Å². The van der Waals surface area contributed by atoms with Crippen LogP contribution < -0.4 is 15.4 Å². The van der Waals surface area contributed by atoms with E-state index in [9.17, 15) is 0 Å². The third-order valence-corrected chi connectivity index (χ3v) is 3.30. The van der Waals surface area contributed by atoms with E-state index in [1.165, 1.54) is 0 Å².